The molecule has 92 valence electrons. The molecule has 0 saturated heterocycles. The maximum absolute atomic E-state index is 4.14. The van der Waals surface area contributed by atoms with E-state index in [0.717, 1.165) is 10.9 Å². The van der Waals surface area contributed by atoms with Crippen LogP contribution in [0.15, 0.2) is 60.0 Å². The van der Waals surface area contributed by atoms with Crippen LogP contribution in [0.1, 0.15) is 5.56 Å². The van der Waals surface area contributed by atoms with Gasteiger partial charge in [-0.1, -0.05) is 53.3 Å². The summed E-state index contributed by atoms with van der Waals surface area (Å²) in [5.74, 6) is 0.972. The Hall–Kier alpha value is -0.910. The van der Waals surface area contributed by atoms with Crippen LogP contribution in [-0.2, 0) is 0 Å². The van der Waals surface area contributed by atoms with Crippen LogP contribution in [0.2, 0.25) is 0 Å². The second-order valence-corrected chi connectivity index (χ2v) is 7.36. The molecule has 0 aliphatic rings. The number of hydrogen-bond donors (Lipinski definition) is 0. The van der Waals surface area contributed by atoms with Crippen molar-refractivity contribution in [3.05, 3.63) is 60.4 Å². The quantitative estimate of drug-likeness (QED) is 0.441. The molecule has 2 aromatic rings. The van der Waals surface area contributed by atoms with Crippen LogP contribution in [0.25, 0.3) is 6.08 Å². The Morgan fingerprint density at radius 3 is 2.56 bits per heavy atom. The van der Waals surface area contributed by atoms with Gasteiger partial charge < -0.3 is 0 Å². The summed E-state index contributed by atoms with van der Waals surface area (Å²) in [4.78, 5) is 8.29. The Kier molecular flexibility index (Phi) is 6.19. The number of aromatic nitrogens is 2. The van der Waals surface area contributed by atoms with E-state index in [2.05, 4.69) is 34.3 Å². The minimum absolute atomic E-state index is 0.807. The third-order valence-electron chi connectivity index (χ3n) is 1.97. The van der Waals surface area contributed by atoms with E-state index in [-0.39, 0.29) is 0 Å². The smallest absolute Gasteiger partial charge is 0.199 e. The lowest BCUT2D eigenvalue weighted by Gasteiger charge is -1.96. The van der Waals surface area contributed by atoms with Gasteiger partial charge >= 0.3 is 0 Å². The van der Waals surface area contributed by atoms with Crippen LogP contribution in [0.5, 0.6) is 0 Å². The molecule has 0 saturated carbocycles. The molecule has 0 radical (unpaired) electrons. The van der Waals surface area contributed by atoms with Crippen LogP contribution < -0.4 is 0 Å². The number of rotatable bonds is 6. The zero-order chi connectivity index (χ0) is 12.5. The number of benzene rings is 1. The third-order valence-corrected chi connectivity index (χ3v) is 5.65. The van der Waals surface area contributed by atoms with Crippen LogP contribution in [0.4, 0.5) is 0 Å². The van der Waals surface area contributed by atoms with Crippen LogP contribution in [-0.4, -0.2) is 15.7 Å². The van der Waals surface area contributed by atoms with Gasteiger partial charge in [-0.15, -0.1) is 0 Å². The molecule has 1 heterocycles. The molecule has 18 heavy (non-hydrogen) atoms. The molecule has 2 nitrogen and oxygen atoms in total. The van der Waals surface area contributed by atoms with Crippen molar-refractivity contribution in [3.8, 4) is 0 Å². The predicted molar refractivity (Wildman–Crippen MR) is 83.4 cm³/mol. The van der Waals surface area contributed by atoms with E-state index < -0.39 is 0 Å². The molecular formula is C13H12N2S3. The minimum atomic E-state index is 0.807. The van der Waals surface area contributed by atoms with E-state index in [1.54, 1.807) is 43.8 Å². The maximum atomic E-state index is 4.14. The summed E-state index contributed by atoms with van der Waals surface area (Å²) in [7, 11) is 5.07. The van der Waals surface area contributed by atoms with Crippen molar-refractivity contribution < 1.29 is 0 Å². The molecule has 0 N–H and O–H groups in total. The lowest BCUT2D eigenvalue weighted by Crippen LogP contribution is -1.78. The van der Waals surface area contributed by atoms with Crippen molar-refractivity contribution in [1.29, 1.82) is 0 Å². The van der Waals surface area contributed by atoms with Crippen molar-refractivity contribution in [2.24, 2.45) is 0 Å². The predicted octanol–water partition coefficient (Wildman–Crippen LogP) is 4.58. The normalized spacial score (nSPS) is 10.9. The molecule has 0 atom stereocenters. The summed E-state index contributed by atoms with van der Waals surface area (Å²) in [6, 6.07) is 12.1. The van der Waals surface area contributed by atoms with Gasteiger partial charge in [0.2, 0.25) is 0 Å². The maximum Gasteiger partial charge on any atom is 0.199 e. The Morgan fingerprint density at radius 1 is 1.00 bits per heavy atom. The molecule has 1 aromatic carbocycles. The fourth-order valence-corrected chi connectivity index (χ4v) is 4.21. The fraction of sp³-hybridized carbons (Fsp3) is 0.0769. The van der Waals surface area contributed by atoms with Gasteiger partial charge in [0.15, 0.2) is 5.16 Å². The zero-order valence-electron chi connectivity index (χ0n) is 9.60. The van der Waals surface area contributed by atoms with Gasteiger partial charge in [-0.3, -0.25) is 0 Å². The third kappa shape index (κ3) is 5.16. The molecule has 0 aliphatic carbocycles. The average molecular weight is 292 g/mol. The van der Waals surface area contributed by atoms with Crippen LogP contribution >= 0.6 is 31.4 Å². The monoisotopic (exact) mass is 292 g/mol. The topological polar surface area (TPSA) is 25.8 Å². The summed E-state index contributed by atoms with van der Waals surface area (Å²) >= 11 is 0. The number of nitrogens with zero attached hydrogens (tertiary/aromatic N) is 2. The first-order valence-corrected chi connectivity index (χ1v) is 9.05. The molecule has 0 bridgehead atoms. The van der Waals surface area contributed by atoms with E-state index in [4.69, 9.17) is 0 Å². The Labute approximate surface area is 119 Å². The highest BCUT2D eigenvalue weighted by atomic mass is 33.5. The van der Waals surface area contributed by atoms with Crippen molar-refractivity contribution in [1.82, 2.24) is 9.97 Å². The largest absolute Gasteiger partial charge is 0.230 e. The highest BCUT2D eigenvalue weighted by Crippen LogP contribution is 2.38. The van der Waals surface area contributed by atoms with E-state index in [0.29, 0.717) is 0 Å². The van der Waals surface area contributed by atoms with Crippen molar-refractivity contribution in [2.45, 2.75) is 5.16 Å². The van der Waals surface area contributed by atoms with Crippen molar-refractivity contribution in [3.63, 3.8) is 0 Å². The van der Waals surface area contributed by atoms with Gasteiger partial charge in [-0.25, -0.2) is 9.97 Å². The number of hydrogen-bond acceptors (Lipinski definition) is 5. The first kappa shape index (κ1) is 13.5. The Balaban J connectivity index is 1.63. The summed E-state index contributed by atoms with van der Waals surface area (Å²) in [5, 5.41) is 0.807. The highest BCUT2D eigenvalue weighted by Gasteiger charge is 1.95. The van der Waals surface area contributed by atoms with Gasteiger partial charge in [0.1, 0.15) is 0 Å². The molecule has 0 unspecified atom stereocenters. The SMILES string of the molecule is C(=Cc1ccccc1)CSSSc1ncccn1. The van der Waals surface area contributed by atoms with Crippen molar-refractivity contribution in [2.75, 3.05) is 5.75 Å². The molecule has 0 spiro atoms. The lowest BCUT2D eigenvalue weighted by atomic mass is 10.2. The average Bonchev–Trinajstić information content (AvgIpc) is 2.45. The molecule has 2 rings (SSSR count). The van der Waals surface area contributed by atoms with Gasteiger partial charge in [0.25, 0.3) is 0 Å². The summed E-state index contributed by atoms with van der Waals surface area (Å²) in [6.45, 7) is 0. The van der Waals surface area contributed by atoms with Gasteiger partial charge in [-0.05, 0) is 32.2 Å². The Morgan fingerprint density at radius 2 is 1.78 bits per heavy atom. The molecular weight excluding hydrogens is 280 g/mol. The van der Waals surface area contributed by atoms with Crippen LogP contribution in [0, 0.1) is 0 Å². The summed E-state index contributed by atoms with van der Waals surface area (Å²) in [5.41, 5.74) is 1.24. The fourth-order valence-electron chi connectivity index (χ4n) is 1.20. The second kappa shape index (κ2) is 8.24. The standard InChI is InChI=1S/C13H12N2S3/c1-2-6-12(7-3-1)8-4-11-16-18-17-13-14-9-5-10-15-13/h1-10H,11H2. The highest BCUT2D eigenvalue weighted by molar-refractivity contribution is 9.09. The molecule has 0 aliphatic heterocycles. The van der Waals surface area contributed by atoms with Crippen molar-refractivity contribution >= 4 is 37.5 Å². The van der Waals surface area contributed by atoms with Gasteiger partial charge in [0, 0.05) is 18.1 Å². The van der Waals surface area contributed by atoms with Gasteiger partial charge in [0.05, 0.1) is 0 Å². The van der Waals surface area contributed by atoms with E-state index in [9.17, 15) is 0 Å². The summed E-state index contributed by atoms with van der Waals surface area (Å²) < 4.78 is 0. The zero-order valence-corrected chi connectivity index (χ0v) is 12.0. The van der Waals surface area contributed by atoms with Gasteiger partial charge in [-0.2, -0.15) is 0 Å². The molecule has 0 fully saturated rings. The lowest BCUT2D eigenvalue weighted by molar-refractivity contribution is 0.973. The minimum Gasteiger partial charge on any atom is -0.230 e. The molecule has 0 amide bonds. The second-order valence-electron chi connectivity index (χ2n) is 3.28. The first-order chi connectivity index (χ1) is 8.95. The molecule has 1 aromatic heterocycles. The first-order valence-electron chi connectivity index (χ1n) is 5.40. The van der Waals surface area contributed by atoms with E-state index in [1.807, 2.05) is 24.3 Å². The summed E-state index contributed by atoms with van der Waals surface area (Å²) in [6.07, 6.45) is 7.82. The Bertz CT molecular complexity index is 474. The molecule has 5 heteroatoms. The van der Waals surface area contributed by atoms with E-state index in [1.165, 1.54) is 5.56 Å². The van der Waals surface area contributed by atoms with Crippen LogP contribution in [0.3, 0.4) is 0 Å². The van der Waals surface area contributed by atoms with E-state index >= 15 is 0 Å².